The fourth-order valence-corrected chi connectivity index (χ4v) is 3.62. The summed E-state index contributed by atoms with van der Waals surface area (Å²) >= 11 is 0. The maximum atomic E-state index is 12.0. The molecule has 1 saturated carbocycles. The largest absolute Gasteiger partial charge is 0.493 e. The van der Waals surface area contributed by atoms with Gasteiger partial charge in [-0.05, 0) is 57.2 Å². The lowest BCUT2D eigenvalue weighted by atomic mass is 9.96. The Morgan fingerprint density at radius 1 is 1.28 bits per heavy atom. The Kier molecular flexibility index (Phi) is 6.92. The van der Waals surface area contributed by atoms with Gasteiger partial charge in [0, 0.05) is 6.04 Å². The third kappa shape index (κ3) is 5.17. The van der Waals surface area contributed by atoms with Crippen molar-refractivity contribution in [3.8, 4) is 23.5 Å². The van der Waals surface area contributed by atoms with Crippen molar-refractivity contribution in [2.24, 2.45) is 0 Å². The van der Waals surface area contributed by atoms with Gasteiger partial charge in [0.25, 0.3) is 0 Å². The minimum absolute atomic E-state index is 0.154. The highest BCUT2D eigenvalue weighted by Crippen LogP contribution is 2.35. The minimum atomic E-state index is -0.333. The Balaban J connectivity index is 1.88. The zero-order valence-corrected chi connectivity index (χ0v) is 17.6. The Labute approximate surface area is 172 Å². The second kappa shape index (κ2) is 9.60. The van der Waals surface area contributed by atoms with Crippen LogP contribution in [0.2, 0.25) is 0 Å². The predicted molar refractivity (Wildman–Crippen MR) is 109 cm³/mol. The topological polar surface area (TPSA) is 57.2 Å². The van der Waals surface area contributed by atoms with Crippen LogP contribution in [0.3, 0.4) is 0 Å². The monoisotopic (exact) mass is 399 g/mol. The Hall–Kier alpha value is -2.81. The van der Waals surface area contributed by atoms with Crippen molar-refractivity contribution >= 4 is 5.97 Å². The molecule has 156 valence electrons. The Morgan fingerprint density at radius 2 is 2.03 bits per heavy atom. The molecule has 2 atom stereocenters. The molecular weight excluding hydrogens is 370 g/mol. The van der Waals surface area contributed by atoms with E-state index in [4.69, 9.17) is 18.9 Å². The number of benzene rings is 1. The van der Waals surface area contributed by atoms with Gasteiger partial charge in [-0.2, -0.15) is 0 Å². The maximum absolute atomic E-state index is 12.0. The molecule has 1 aliphatic heterocycles. The van der Waals surface area contributed by atoms with Crippen molar-refractivity contribution < 1.29 is 23.7 Å². The third-order valence-corrected chi connectivity index (χ3v) is 5.32. The summed E-state index contributed by atoms with van der Waals surface area (Å²) in [6.07, 6.45) is 6.38. The maximum Gasteiger partial charge on any atom is 0.307 e. The molecule has 0 aromatic heterocycles. The summed E-state index contributed by atoms with van der Waals surface area (Å²) in [5.74, 6) is 3.96. The van der Waals surface area contributed by atoms with Gasteiger partial charge in [0.15, 0.2) is 17.7 Å². The SMILES string of the molecule is COC(=O)CC(C#CN1C(C)=COC1C)c1ccc(OC)c(OC2CCCC2)c1. The van der Waals surface area contributed by atoms with E-state index in [1.807, 2.05) is 36.9 Å². The number of carbonyl (C=O) groups excluding carboxylic acids is 1. The van der Waals surface area contributed by atoms with Gasteiger partial charge in [0.2, 0.25) is 0 Å². The van der Waals surface area contributed by atoms with E-state index in [0.29, 0.717) is 11.5 Å². The van der Waals surface area contributed by atoms with Crippen LogP contribution in [0.25, 0.3) is 0 Å². The highest BCUT2D eigenvalue weighted by molar-refractivity contribution is 5.71. The molecule has 0 bridgehead atoms. The van der Waals surface area contributed by atoms with Gasteiger partial charge in [0.05, 0.1) is 38.4 Å². The standard InChI is InChI=1S/C23H29NO5/c1-16-15-28-17(2)24(16)12-11-19(14-23(25)27-4)18-9-10-21(26-3)22(13-18)29-20-7-5-6-8-20/h9-10,13,15,17,19-20H,5-8,14H2,1-4H3. The van der Waals surface area contributed by atoms with Crippen LogP contribution in [0.5, 0.6) is 11.5 Å². The number of hydrogen-bond donors (Lipinski definition) is 0. The number of ether oxygens (including phenoxy) is 4. The molecule has 29 heavy (non-hydrogen) atoms. The average molecular weight is 399 g/mol. The van der Waals surface area contributed by atoms with E-state index in [2.05, 4.69) is 12.0 Å². The van der Waals surface area contributed by atoms with E-state index in [1.165, 1.54) is 20.0 Å². The van der Waals surface area contributed by atoms with Crippen molar-refractivity contribution in [1.29, 1.82) is 0 Å². The van der Waals surface area contributed by atoms with Crippen molar-refractivity contribution in [3.05, 3.63) is 35.7 Å². The predicted octanol–water partition coefficient (Wildman–Crippen LogP) is 4.16. The average Bonchev–Trinajstić information content (AvgIpc) is 3.35. The normalized spacial score (nSPS) is 19.7. The van der Waals surface area contributed by atoms with E-state index < -0.39 is 0 Å². The lowest BCUT2D eigenvalue weighted by molar-refractivity contribution is -0.140. The molecule has 1 aromatic rings. The van der Waals surface area contributed by atoms with E-state index in [9.17, 15) is 4.79 Å². The number of methoxy groups -OCH3 is 2. The first kappa shape index (κ1) is 20.9. The van der Waals surface area contributed by atoms with Gasteiger partial charge >= 0.3 is 5.97 Å². The molecule has 0 amide bonds. The molecule has 0 saturated heterocycles. The van der Waals surface area contributed by atoms with Crippen LogP contribution in [0, 0.1) is 12.0 Å². The number of rotatable bonds is 6. The summed E-state index contributed by atoms with van der Waals surface area (Å²) in [6.45, 7) is 3.87. The Morgan fingerprint density at radius 3 is 2.66 bits per heavy atom. The molecular formula is C23H29NO5. The van der Waals surface area contributed by atoms with E-state index in [0.717, 1.165) is 24.1 Å². The zero-order chi connectivity index (χ0) is 20.8. The highest BCUT2D eigenvalue weighted by atomic mass is 16.5. The first-order valence-electron chi connectivity index (χ1n) is 10.1. The lowest BCUT2D eigenvalue weighted by Crippen LogP contribution is -2.22. The fourth-order valence-electron chi connectivity index (χ4n) is 3.62. The number of carbonyl (C=O) groups is 1. The smallest absolute Gasteiger partial charge is 0.307 e. The molecule has 0 radical (unpaired) electrons. The molecule has 2 aliphatic rings. The van der Waals surface area contributed by atoms with E-state index in [1.54, 1.807) is 13.4 Å². The molecule has 1 aliphatic carbocycles. The summed E-state index contributed by atoms with van der Waals surface area (Å²) in [7, 11) is 3.02. The van der Waals surface area contributed by atoms with Crippen LogP contribution in [0.4, 0.5) is 0 Å². The molecule has 6 heteroatoms. The van der Waals surface area contributed by atoms with Crippen LogP contribution >= 0.6 is 0 Å². The molecule has 0 spiro atoms. The van der Waals surface area contributed by atoms with Crippen LogP contribution in [-0.4, -0.2) is 37.4 Å². The van der Waals surface area contributed by atoms with Gasteiger partial charge < -0.3 is 18.9 Å². The number of esters is 1. The summed E-state index contributed by atoms with van der Waals surface area (Å²) in [6, 6.07) is 8.88. The number of nitrogens with zero attached hydrogens (tertiary/aromatic N) is 1. The quantitative estimate of drug-likeness (QED) is 0.529. The Bertz CT molecular complexity index is 816. The zero-order valence-electron chi connectivity index (χ0n) is 17.6. The highest BCUT2D eigenvalue weighted by Gasteiger charge is 2.22. The van der Waals surface area contributed by atoms with Crippen molar-refractivity contribution in [2.75, 3.05) is 14.2 Å². The molecule has 1 heterocycles. The molecule has 6 nitrogen and oxygen atoms in total. The van der Waals surface area contributed by atoms with Gasteiger partial charge in [-0.15, -0.1) is 0 Å². The van der Waals surface area contributed by atoms with Crippen LogP contribution < -0.4 is 9.47 Å². The minimum Gasteiger partial charge on any atom is -0.493 e. The molecule has 2 unspecified atom stereocenters. The van der Waals surface area contributed by atoms with Crippen molar-refractivity contribution in [1.82, 2.24) is 4.90 Å². The van der Waals surface area contributed by atoms with Gasteiger partial charge in [-0.1, -0.05) is 12.0 Å². The summed E-state index contributed by atoms with van der Waals surface area (Å²) in [5, 5.41) is 0. The van der Waals surface area contributed by atoms with Crippen LogP contribution in [0.15, 0.2) is 30.2 Å². The van der Waals surface area contributed by atoms with Gasteiger partial charge in [-0.3, -0.25) is 9.69 Å². The third-order valence-electron chi connectivity index (χ3n) is 5.32. The second-order valence-electron chi connectivity index (χ2n) is 7.39. The van der Waals surface area contributed by atoms with Gasteiger partial charge in [-0.25, -0.2) is 0 Å². The summed E-state index contributed by atoms with van der Waals surface area (Å²) in [4.78, 5) is 13.9. The second-order valence-corrected chi connectivity index (χ2v) is 7.39. The summed E-state index contributed by atoms with van der Waals surface area (Å²) < 4.78 is 22.0. The van der Waals surface area contributed by atoms with Gasteiger partial charge in [0.1, 0.15) is 6.26 Å². The molecule has 0 N–H and O–H groups in total. The molecule has 1 fully saturated rings. The van der Waals surface area contributed by atoms with E-state index in [-0.39, 0.29) is 30.6 Å². The molecule has 3 rings (SSSR count). The fraction of sp³-hybridized carbons (Fsp3) is 0.522. The summed E-state index contributed by atoms with van der Waals surface area (Å²) in [5.41, 5.74) is 1.83. The van der Waals surface area contributed by atoms with Crippen LogP contribution in [-0.2, 0) is 14.3 Å². The molecule has 1 aromatic carbocycles. The first-order chi connectivity index (χ1) is 14.0. The van der Waals surface area contributed by atoms with Crippen LogP contribution in [0.1, 0.15) is 57.4 Å². The van der Waals surface area contributed by atoms with Crippen molar-refractivity contribution in [3.63, 3.8) is 0 Å². The van der Waals surface area contributed by atoms with Crippen molar-refractivity contribution in [2.45, 2.75) is 64.2 Å². The van der Waals surface area contributed by atoms with E-state index >= 15 is 0 Å². The lowest BCUT2D eigenvalue weighted by Gasteiger charge is -2.19. The number of allylic oxidation sites excluding steroid dienone is 1. The number of hydrogen-bond acceptors (Lipinski definition) is 6. The first-order valence-corrected chi connectivity index (χ1v) is 10.1.